The Morgan fingerprint density at radius 2 is 1.88 bits per heavy atom. The average Bonchev–Trinajstić information content (AvgIpc) is 2.53. The molecule has 140 valence electrons. The van der Waals surface area contributed by atoms with Crippen LogP contribution in [0.5, 0.6) is 0 Å². The molecule has 4 fully saturated rings. The van der Waals surface area contributed by atoms with Crippen molar-refractivity contribution in [3.8, 4) is 0 Å². The van der Waals surface area contributed by atoms with E-state index in [2.05, 4.69) is 13.8 Å². The van der Waals surface area contributed by atoms with Gasteiger partial charge in [-0.2, -0.15) is 0 Å². The van der Waals surface area contributed by atoms with Crippen molar-refractivity contribution < 1.29 is 19.1 Å². The van der Waals surface area contributed by atoms with E-state index in [1.807, 2.05) is 0 Å². The summed E-state index contributed by atoms with van der Waals surface area (Å²) in [6.45, 7) is 6.20. The predicted octanol–water partition coefficient (Wildman–Crippen LogP) is 4.26. The van der Waals surface area contributed by atoms with Crippen molar-refractivity contribution in [3.63, 3.8) is 0 Å². The molecule has 3 saturated carbocycles. The van der Waals surface area contributed by atoms with Crippen LogP contribution in [-0.2, 0) is 19.1 Å². The maximum atomic E-state index is 11.8. The largest absolute Gasteiger partial charge is 0.463 e. The summed E-state index contributed by atoms with van der Waals surface area (Å²) in [5, 5.41) is 0. The van der Waals surface area contributed by atoms with Crippen molar-refractivity contribution in [2.75, 3.05) is 0 Å². The second kappa shape index (κ2) is 5.99. The van der Waals surface area contributed by atoms with Gasteiger partial charge in [-0.3, -0.25) is 9.59 Å². The molecule has 0 spiro atoms. The summed E-state index contributed by atoms with van der Waals surface area (Å²) in [7, 11) is 0. The Kier molecular flexibility index (Phi) is 4.16. The van der Waals surface area contributed by atoms with E-state index in [1.165, 1.54) is 32.6 Å². The molecule has 7 atom stereocenters. The van der Waals surface area contributed by atoms with Crippen LogP contribution in [0.2, 0.25) is 0 Å². The van der Waals surface area contributed by atoms with Crippen LogP contribution in [0.15, 0.2) is 0 Å². The van der Waals surface area contributed by atoms with Gasteiger partial charge in [-0.25, -0.2) is 0 Å². The van der Waals surface area contributed by atoms with E-state index in [-0.39, 0.29) is 23.6 Å². The quantitative estimate of drug-likeness (QED) is 0.665. The highest BCUT2D eigenvalue weighted by molar-refractivity contribution is 5.71. The molecule has 1 aliphatic heterocycles. The van der Waals surface area contributed by atoms with Crippen LogP contribution in [0.4, 0.5) is 0 Å². The van der Waals surface area contributed by atoms with Crippen molar-refractivity contribution in [3.05, 3.63) is 0 Å². The third-order valence-corrected chi connectivity index (χ3v) is 8.29. The Bertz CT molecular complexity index is 572. The number of rotatable bonds is 1. The van der Waals surface area contributed by atoms with Gasteiger partial charge in [0.1, 0.15) is 11.7 Å². The molecule has 0 amide bonds. The molecular weight excluding hydrogens is 316 g/mol. The molecule has 25 heavy (non-hydrogen) atoms. The van der Waals surface area contributed by atoms with Crippen LogP contribution in [0.1, 0.15) is 78.6 Å². The molecule has 0 radical (unpaired) electrons. The van der Waals surface area contributed by atoms with Crippen LogP contribution < -0.4 is 0 Å². The number of carbonyl (C=O) groups is 2. The minimum Gasteiger partial charge on any atom is -0.463 e. The fraction of sp³-hybridized carbons (Fsp3) is 0.905. The van der Waals surface area contributed by atoms with Crippen molar-refractivity contribution in [2.24, 2.45) is 29.1 Å². The van der Waals surface area contributed by atoms with Crippen molar-refractivity contribution in [2.45, 2.75) is 90.3 Å². The zero-order valence-electron chi connectivity index (χ0n) is 15.9. The fourth-order valence-electron chi connectivity index (χ4n) is 7.08. The lowest BCUT2D eigenvalue weighted by molar-refractivity contribution is -0.205. The van der Waals surface area contributed by atoms with E-state index in [1.54, 1.807) is 0 Å². The Balaban J connectivity index is 1.53. The highest BCUT2D eigenvalue weighted by atomic mass is 16.6. The van der Waals surface area contributed by atoms with Crippen molar-refractivity contribution >= 4 is 11.9 Å². The van der Waals surface area contributed by atoms with Crippen molar-refractivity contribution in [1.29, 1.82) is 0 Å². The van der Waals surface area contributed by atoms with Gasteiger partial charge in [-0.1, -0.05) is 6.92 Å². The van der Waals surface area contributed by atoms with E-state index in [4.69, 9.17) is 9.47 Å². The van der Waals surface area contributed by atoms with E-state index in [9.17, 15) is 9.59 Å². The number of ether oxygens (including phenoxy) is 2. The van der Waals surface area contributed by atoms with Crippen LogP contribution in [0.3, 0.4) is 0 Å². The third kappa shape index (κ3) is 2.80. The minimum absolute atomic E-state index is 0.000938. The van der Waals surface area contributed by atoms with E-state index < -0.39 is 0 Å². The number of hydrogen-bond acceptors (Lipinski definition) is 4. The summed E-state index contributed by atoms with van der Waals surface area (Å²) >= 11 is 0. The smallest absolute Gasteiger partial charge is 0.306 e. The second-order valence-corrected chi connectivity index (χ2v) is 9.53. The number of hydrogen-bond donors (Lipinski definition) is 0. The SMILES string of the molecule is CC(=O)O[C@@H]1CC[C@]2(C)[C@H](CC[C@H]3[C@@H]2CC[C@@]2(C)OC(=O)CC[C@@H]32)C1. The van der Waals surface area contributed by atoms with E-state index in [0.717, 1.165) is 31.6 Å². The zero-order valence-corrected chi connectivity index (χ0v) is 15.9. The van der Waals surface area contributed by atoms with Gasteiger partial charge in [0.15, 0.2) is 0 Å². The topological polar surface area (TPSA) is 52.6 Å². The summed E-state index contributed by atoms with van der Waals surface area (Å²) in [6, 6.07) is 0. The molecule has 4 nitrogen and oxygen atoms in total. The summed E-state index contributed by atoms with van der Waals surface area (Å²) in [5.74, 6) is 2.49. The molecule has 1 saturated heterocycles. The molecule has 4 rings (SSSR count). The van der Waals surface area contributed by atoms with Gasteiger partial charge >= 0.3 is 11.9 Å². The molecule has 4 aliphatic rings. The molecule has 0 aromatic rings. The lowest BCUT2D eigenvalue weighted by Crippen LogP contribution is -2.58. The maximum absolute atomic E-state index is 11.8. The van der Waals surface area contributed by atoms with E-state index in [0.29, 0.717) is 29.6 Å². The first-order valence-electron chi connectivity index (χ1n) is 10.2. The Morgan fingerprint density at radius 1 is 1.08 bits per heavy atom. The molecule has 3 aliphatic carbocycles. The Morgan fingerprint density at radius 3 is 2.64 bits per heavy atom. The lowest BCUT2D eigenvalue weighted by Gasteiger charge is -2.61. The first kappa shape index (κ1) is 17.4. The summed E-state index contributed by atoms with van der Waals surface area (Å²) in [5.41, 5.74) is 0.136. The highest BCUT2D eigenvalue weighted by Gasteiger charge is 2.59. The molecule has 1 heterocycles. The Labute approximate surface area is 151 Å². The molecule has 4 heteroatoms. The van der Waals surface area contributed by atoms with Crippen LogP contribution >= 0.6 is 0 Å². The standard InChI is InChI=1S/C21H32O4/c1-13(22)24-15-8-10-20(2)14(12-15)4-5-16-17(20)9-11-21(3)18(16)6-7-19(23)25-21/h14-18H,4-12H2,1-3H3/t14-,15-,16+,17+,18+,20-,21-/m1/s1. The zero-order chi connectivity index (χ0) is 17.8. The average molecular weight is 348 g/mol. The van der Waals surface area contributed by atoms with Crippen molar-refractivity contribution in [1.82, 2.24) is 0 Å². The number of carbonyl (C=O) groups excluding carboxylic acids is 2. The normalized spacial score (nSPS) is 49.2. The van der Waals surface area contributed by atoms with Gasteiger partial charge in [0.05, 0.1) is 0 Å². The summed E-state index contributed by atoms with van der Waals surface area (Å²) < 4.78 is 11.4. The summed E-state index contributed by atoms with van der Waals surface area (Å²) in [4.78, 5) is 23.2. The van der Waals surface area contributed by atoms with Crippen LogP contribution in [0.25, 0.3) is 0 Å². The second-order valence-electron chi connectivity index (χ2n) is 9.53. The first-order valence-corrected chi connectivity index (χ1v) is 10.2. The molecular formula is C21H32O4. The van der Waals surface area contributed by atoms with Gasteiger partial charge in [0.2, 0.25) is 0 Å². The molecule has 0 bridgehead atoms. The molecule has 0 N–H and O–H groups in total. The highest BCUT2D eigenvalue weighted by Crippen LogP contribution is 2.63. The van der Waals surface area contributed by atoms with Gasteiger partial charge in [0.25, 0.3) is 0 Å². The summed E-state index contributed by atoms with van der Waals surface area (Å²) in [6.07, 6.45) is 9.60. The number of esters is 2. The maximum Gasteiger partial charge on any atom is 0.306 e. The Hall–Kier alpha value is -1.06. The van der Waals surface area contributed by atoms with Gasteiger partial charge in [-0.15, -0.1) is 0 Å². The molecule has 0 aromatic carbocycles. The first-order chi connectivity index (χ1) is 11.8. The fourth-order valence-corrected chi connectivity index (χ4v) is 7.08. The lowest BCUT2D eigenvalue weighted by atomic mass is 9.46. The van der Waals surface area contributed by atoms with Gasteiger partial charge < -0.3 is 9.47 Å². The predicted molar refractivity (Wildman–Crippen MR) is 93.7 cm³/mol. The third-order valence-electron chi connectivity index (χ3n) is 8.29. The monoisotopic (exact) mass is 348 g/mol. The van der Waals surface area contributed by atoms with Gasteiger partial charge in [0, 0.05) is 19.3 Å². The number of fused-ring (bicyclic) bond motifs is 5. The van der Waals surface area contributed by atoms with Crippen LogP contribution in [0, 0.1) is 29.1 Å². The van der Waals surface area contributed by atoms with Gasteiger partial charge in [-0.05, 0) is 81.5 Å². The minimum atomic E-state index is -0.228. The molecule has 0 aromatic heterocycles. The van der Waals surface area contributed by atoms with Crippen LogP contribution in [-0.4, -0.2) is 23.6 Å². The van der Waals surface area contributed by atoms with E-state index >= 15 is 0 Å². The molecule has 0 unspecified atom stereocenters.